The van der Waals surface area contributed by atoms with Crippen LogP contribution in [0.1, 0.15) is 5.56 Å². The highest BCUT2D eigenvalue weighted by atomic mass is 19.1. The molecule has 1 heterocycles. The van der Waals surface area contributed by atoms with Crippen LogP contribution in [0.3, 0.4) is 0 Å². The molecule has 0 spiro atoms. The molecule has 2 aromatic rings. The van der Waals surface area contributed by atoms with Crippen molar-refractivity contribution in [1.82, 2.24) is 9.97 Å². The molecule has 0 atom stereocenters. The summed E-state index contributed by atoms with van der Waals surface area (Å²) >= 11 is 0. The third kappa shape index (κ3) is 2.87. The lowest BCUT2D eigenvalue weighted by molar-refractivity contribution is -0.115. The van der Waals surface area contributed by atoms with E-state index in [2.05, 4.69) is 15.3 Å². The van der Waals surface area contributed by atoms with Crippen molar-refractivity contribution in [3.05, 3.63) is 47.8 Å². The fraction of sp³-hybridized carbons (Fsp3) is 0.0909. The van der Waals surface area contributed by atoms with Crippen LogP contribution in [0.5, 0.6) is 0 Å². The summed E-state index contributed by atoms with van der Waals surface area (Å²) in [5.74, 6) is -1.54. The van der Waals surface area contributed by atoms with Gasteiger partial charge in [0.1, 0.15) is 11.6 Å². The molecule has 1 aromatic heterocycles. The third-order valence-electron chi connectivity index (χ3n) is 2.12. The first-order valence-electron chi connectivity index (χ1n) is 4.88. The Bertz CT molecular complexity index is 526. The predicted molar refractivity (Wildman–Crippen MR) is 57.3 cm³/mol. The van der Waals surface area contributed by atoms with Gasteiger partial charge in [0.25, 0.3) is 0 Å². The first kappa shape index (κ1) is 11.3. The second kappa shape index (κ2) is 4.73. The molecule has 0 aliphatic rings. The molecule has 2 N–H and O–H groups in total. The molecule has 0 aliphatic heterocycles. The van der Waals surface area contributed by atoms with Crippen LogP contribution in [-0.4, -0.2) is 15.9 Å². The molecule has 88 valence electrons. The van der Waals surface area contributed by atoms with Gasteiger partial charge in [-0.1, -0.05) is 6.07 Å². The molecule has 0 fully saturated rings. The highest BCUT2D eigenvalue weighted by molar-refractivity contribution is 5.90. The topological polar surface area (TPSA) is 57.8 Å². The maximum absolute atomic E-state index is 13.2. The number of carbonyl (C=O) groups is 1. The molecule has 4 nitrogen and oxygen atoms in total. The summed E-state index contributed by atoms with van der Waals surface area (Å²) in [4.78, 5) is 18.0. The van der Waals surface area contributed by atoms with E-state index in [9.17, 15) is 13.6 Å². The van der Waals surface area contributed by atoms with E-state index in [1.807, 2.05) is 0 Å². The van der Waals surface area contributed by atoms with Crippen molar-refractivity contribution in [2.45, 2.75) is 6.42 Å². The number of aromatic amines is 1. The first-order valence-corrected chi connectivity index (χ1v) is 4.88. The zero-order valence-electron chi connectivity index (χ0n) is 8.71. The van der Waals surface area contributed by atoms with E-state index in [0.29, 0.717) is 0 Å². The van der Waals surface area contributed by atoms with Gasteiger partial charge in [-0.3, -0.25) is 10.1 Å². The summed E-state index contributed by atoms with van der Waals surface area (Å²) in [5, 5.41) is 2.45. The normalized spacial score (nSPS) is 10.2. The minimum Gasteiger partial charge on any atom is -0.331 e. The summed E-state index contributed by atoms with van der Waals surface area (Å²) in [6.45, 7) is 0. The zero-order chi connectivity index (χ0) is 12.3. The molecule has 1 aromatic carbocycles. The van der Waals surface area contributed by atoms with Crippen LogP contribution in [-0.2, 0) is 11.2 Å². The largest absolute Gasteiger partial charge is 0.331 e. The standard InChI is InChI=1S/C11H9F2N3O/c12-8-2-1-7(9(13)6-8)5-10(17)16-11-14-3-4-15-11/h1-4,6H,5H2,(H2,14,15,16,17). The number of imidazole rings is 1. The molecular weight excluding hydrogens is 228 g/mol. The third-order valence-corrected chi connectivity index (χ3v) is 2.12. The van der Waals surface area contributed by atoms with Gasteiger partial charge < -0.3 is 4.98 Å². The van der Waals surface area contributed by atoms with Gasteiger partial charge in [-0.2, -0.15) is 0 Å². The number of amides is 1. The predicted octanol–water partition coefficient (Wildman–Crippen LogP) is 1.87. The number of rotatable bonds is 3. The summed E-state index contributed by atoms with van der Waals surface area (Å²) in [6.07, 6.45) is 2.86. The first-order chi connectivity index (χ1) is 8.15. The Labute approximate surface area is 95.7 Å². The second-order valence-electron chi connectivity index (χ2n) is 3.40. The fourth-order valence-corrected chi connectivity index (χ4v) is 1.35. The quantitative estimate of drug-likeness (QED) is 0.856. The number of anilines is 1. The number of nitrogens with zero attached hydrogens (tertiary/aromatic N) is 1. The summed E-state index contributed by atoms with van der Waals surface area (Å²) in [7, 11) is 0. The van der Waals surface area contributed by atoms with Crippen molar-refractivity contribution in [3.63, 3.8) is 0 Å². The van der Waals surface area contributed by atoms with Crippen molar-refractivity contribution in [2.24, 2.45) is 0 Å². The smallest absolute Gasteiger partial charge is 0.231 e. The van der Waals surface area contributed by atoms with Gasteiger partial charge in [-0.15, -0.1) is 0 Å². The van der Waals surface area contributed by atoms with Gasteiger partial charge in [-0.05, 0) is 11.6 Å². The maximum Gasteiger partial charge on any atom is 0.231 e. The molecule has 1 amide bonds. The number of nitrogens with one attached hydrogen (secondary N) is 2. The number of aromatic nitrogens is 2. The van der Waals surface area contributed by atoms with Crippen LogP contribution in [0, 0.1) is 11.6 Å². The zero-order valence-corrected chi connectivity index (χ0v) is 8.71. The minimum absolute atomic E-state index is 0.135. The highest BCUT2D eigenvalue weighted by Crippen LogP contribution is 2.10. The van der Waals surface area contributed by atoms with E-state index in [0.717, 1.165) is 12.1 Å². The van der Waals surface area contributed by atoms with Crippen molar-refractivity contribution in [1.29, 1.82) is 0 Å². The van der Waals surface area contributed by atoms with Crippen molar-refractivity contribution in [2.75, 3.05) is 5.32 Å². The Morgan fingerprint density at radius 2 is 2.24 bits per heavy atom. The number of hydrogen-bond acceptors (Lipinski definition) is 2. The van der Waals surface area contributed by atoms with Gasteiger partial charge in [0.05, 0.1) is 6.42 Å². The lowest BCUT2D eigenvalue weighted by atomic mass is 10.1. The monoisotopic (exact) mass is 237 g/mol. The number of halogens is 2. The Morgan fingerprint density at radius 1 is 1.41 bits per heavy atom. The highest BCUT2D eigenvalue weighted by Gasteiger charge is 2.09. The van der Waals surface area contributed by atoms with Gasteiger partial charge in [0, 0.05) is 18.5 Å². The molecule has 0 aliphatic carbocycles. The average Bonchev–Trinajstić information content (AvgIpc) is 2.75. The number of benzene rings is 1. The van der Waals surface area contributed by atoms with Crippen LogP contribution >= 0.6 is 0 Å². The molecular formula is C11H9F2N3O. The molecule has 0 bridgehead atoms. The summed E-state index contributed by atoms with van der Waals surface area (Å²) < 4.78 is 25.9. The van der Waals surface area contributed by atoms with Crippen LogP contribution in [0.25, 0.3) is 0 Å². The number of hydrogen-bond donors (Lipinski definition) is 2. The van der Waals surface area contributed by atoms with Crippen LogP contribution < -0.4 is 5.32 Å². The summed E-state index contributed by atoms with van der Waals surface area (Å²) in [5.41, 5.74) is 0.135. The van der Waals surface area contributed by atoms with Crippen molar-refractivity contribution < 1.29 is 13.6 Å². The molecule has 0 saturated carbocycles. The Morgan fingerprint density at radius 3 is 2.88 bits per heavy atom. The van der Waals surface area contributed by atoms with Crippen LogP contribution in [0.2, 0.25) is 0 Å². The van der Waals surface area contributed by atoms with Crippen molar-refractivity contribution >= 4 is 11.9 Å². The Kier molecular flexibility index (Phi) is 3.13. The fourth-order valence-electron chi connectivity index (χ4n) is 1.35. The van der Waals surface area contributed by atoms with Gasteiger partial charge in [-0.25, -0.2) is 13.8 Å². The maximum atomic E-state index is 13.2. The van der Waals surface area contributed by atoms with E-state index in [4.69, 9.17) is 0 Å². The van der Waals surface area contributed by atoms with Crippen LogP contribution in [0.15, 0.2) is 30.6 Å². The van der Waals surface area contributed by atoms with E-state index >= 15 is 0 Å². The molecule has 17 heavy (non-hydrogen) atoms. The van der Waals surface area contributed by atoms with Crippen molar-refractivity contribution in [3.8, 4) is 0 Å². The lowest BCUT2D eigenvalue weighted by Gasteiger charge is -2.03. The van der Waals surface area contributed by atoms with Gasteiger partial charge in [0.2, 0.25) is 11.9 Å². The molecule has 0 radical (unpaired) electrons. The van der Waals surface area contributed by atoms with E-state index < -0.39 is 17.5 Å². The van der Waals surface area contributed by atoms with E-state index in [1.165, 1.54) is 12.3 Å². The van der Waals surface area contributed by atoms with E-state index in [1.54, 1.807) is 6.20 Å². The van der Waals surface area contributed by atoms with E-state index in [-0.39, 0.29) is 17.9 Å². The molecule has 0 unspecified atom stereocenters. The lowest BCUT2D eigenvalue weighted by Crippen LogP contribution is -2.16. The molecule has 0 saturated heterocycles. The Hall–Kier alpha value is -2.24. The Balaban J connectivity index is 2.03. The number of carbonyl (C=O) groups excluding carboxylic acids is 1. The molecule has 2 rings (SSSR count). The van der Waals surface area contributed by atoms with Gasteiger partial charge >= 0.3 is 0 Å². The van der Waals surface area contributed by atoms with Gasteiger partial charge in [0.15, 0.2) is 0 Å². The molecule has 6 heteroatoms. The average molecular weight is 237 g/mol. The van der Waals surface area contributed by atoms with Crippen LogP contribution in [0.4, 0.5) is 14.7 Å². The second-order valence-corrected chi connectivity index (χ2v) is 3.40. The SMILES string of the molecule is O=C(Cc1ccc(F)cc1F)Nc1ncc[nH]1. The summed E-state index contributed by atoms with van der Waals surface area (Å²) in [6, 6.07) is 3.10. The minimum atomic E-state index is -0.736. The number of H-pyrrole nitrogens is 1.